The highest BCUT2D eigenvalue weighted by Gasteiger charge is 2.35. The van der Waals surface area contributed by atoms with E-state index in [4.69, 9.17) is 18.9 Å². The third-order valence-corrected chi connectivity index (χ3v) is 5.00. The summed E-state index contributed by atoms with van der Waals surface area (Å²) in [4.78, 5) is 38.7. The number of carbonyl (C=O) groups excluding carboxylic acids is 3. The van der Waals surface area contributed by atoms with Crippen molar-refractivity contribution < 1.29 is 33.3 Å². The molecule has 2 aromatic rings. The minimum Gasteiger partial charge on any atom is -0.497 e. The number of imide groups is 2. The Hall–Kier alpha value is -4.01. The first-order valence-corrected chi connectivity index (χ1v) is 9.73. The minimum atomic E-state index is -0.765. The Morgan fingerprint density at radius 2 is 1.56 bits per heavy atom. The second-order valence-corrected chi connectivity index (χ2v) is 6.82. The first-order valence-electron chi connectivity index (χ1n) is 9.73. The molecule has 0 spiro atoms. The van der Waals surface area contributed by atoms with E-state index >= 15 is 0 Å². The molecule has 0 saturated carbocycles. The molecule has 168 valence electrons. The Labute approximate surface area is 185 Å². The standard InChI is InChI=1S/C23H24N2O7/c1-29-16-7-6-15(19(13-16)31-3)12-17-21(26)24-23(28)25(22(17)27)10-9-14-5-8-18(30-2)20(11-14)32-4/h5-8,11-13H,9-10H2,1-4H3,(H,24,26,28). The van der Waals surface area contributed by atoms with Crippen LogP contribution in [-0.4, -0.2) is 57.7 Å². The van der Waals surface area contributed by atoms with Gasteiger partial charge in [0.15, 0.2) is 11.5 Å². The minimum absolute atomic E-state index is 0.0739. The molecule has 32 heavy (non-hydrogen) atoms. The maximum absolute atomic E-state index is 13.0. The number of hydrogen-bond donors (Lipinski definition) is 1. The van der Waals surface area contributed by atoms with Crippen LogP contribution in [0.3, 0.4) is 0 Å². The summed E-state index contributed by atoms with van der Waals surface area (Å²) in [5.74, 6) is 0.660. The van der Waals surface area contributed by atoms with Gasteiger partial charge in [-0.3, -0.25) is 19.8 Å². The highest BCUT2D eigenvalue weighted by Crippen LogP contribution is 2.29. The Kier molecular flexibility index (Phi) is 6.99. The number of nitrogens with zero attached hydrogens (tertiary/aromatic N) is 1. The third kappa shape index (κ3) is 4.66. The van der Waals surface area contributed by atoms with Gasteiger partial charge in [-0.15, -0.1) is 0 Å². The van der Waals surface area contributed by atoms with Crippen LogP contribution in [0.25, 0.3) is 6.08 Å². The van der Waals surface area contributed by atoms with Crippen molar-refractivity contribution in [2.45, 2.75) is 6.42 Å². The van der Waals surface area contributed by atoms with Gasteiger partial charge in [0.05, 0.1) is 28.4 Å². The SMILES string of the molecule is COc1ccc(C=C2C(=O)NC(=O)N(CCc3ccc(OC)c(OC)c3)C2=O)c(OC)c1. The van der Waals surface area contributed by atoms with E-state index in [9.17, 15) is 14.4 Å². The second-order valence-electron chi connectivity index (χ2n) is 6.82. The van der Waals surface area contributed by atoms with Crippen molar-refractivity contribution in [3.05, 3.63) is 53.1 Å². The van der Waals surface area contributed by atoms with Crippen molar-refractivity contribution in [3.8, 4) is 23.0 Å². The molecule has 1 aliphatic rings. The van der Waals surface area contributed by atoms with Gasteiger partial charge in [0.1, 0.15) is 17.1 Å². The first kappa shape index (κ1) is 22.7. The van der Waals surface area contributed by atoms with Gasteiger partial charge in [-0.1, -0.05) is 6.07 Å². The lowest BCUT2D eigenvalue weighted by atomic mass is 10.1. The maximum Gasteiger partial charge on any atom is 0.331 e. The Bertz CT molecular complexity index is 1080. The average Bonchev–Trinajstić information content (AvgIpc) is 2.81. The number of nitrogens with one attached hydrogen (secondary N) is 1. The van der Waals surface area contributed by atoms with Crippen LogP contribution in [0.5, 0.6) is 23.0 Å². The molecular formula is C23H24N2O7. The molecular weight excluding hydrogens is 416 g/mol. The van der Waals surface area contributed by atoms with Gasteiger partial charge in [0.2, 0.25) is 0 Å². The molecule has 2 aromatic carbocycles. The number of barbiturate groups is 1. The Morgan fingerprint density at radius 1 is 0.844 bits per heavy atom. The van der Waals surface area contributed by atoms with Gasteiger partial charge < -0.3 is 18.9 Å². The molecule has 3 rings (SSSR count). The highest BCUT2D eigenvalue weighted by molar-refractivity contribution is 6.31. The zero-order chi connectivity index (χ0) is 23.3. The van der Waals surface area contributed by atoms with Crippen LogP contribution < -0.4 is 24.3 Å². The molecule has 1 heterocycles. The van der Waals surface area contributed by atoms with Gasteiger partial charge in [-0.05, 0) is 42.3 Å². The zero-order valence-electron chi connectivity index (χ0n) is 18.3. The van der Waals surface area contributed by atoms with Crippen molar-refractivity contribution in [3.63, 3.8) is 0 Å². The smallest absolute Gasteiger partial charge is 0.331 e. The molecule has 1 aliphatic heterocycles. The van der Waals surface area contributed by atoms with Crippen molar-refractivity contribution in [1.29, 1.82) is 0 Å². The molecule has 0 atom stereocenters. The van der Waals surface area contributed by atoms with Crippen LogP contribution in [0.1, 0.15) is 11.1 Å². The number of rotatable bonds is 8. The predicted octanol–water partition coefficient (Wildman–Crippen LogP) is 2.43. The molecule has 0 aromatic heterocycles. The van der Waals surface area contributed by atoms with Gasteiger partial charge >= 0.3 is 6.03 Å². The van der Waals surface area contributed by atoms with E-state index in [1.54, 1.807) is 30.3 Å². The van der Waals surface area contributed by atoms with Crippen molar-refractivity contribution >= 4 is 23.9 Å². The normalized spacial score (nSPS) is 14.9. The largest absolute Gasteiger partial charge is 0.497 e. The van der Waals surface area contributed by atoms with Crippen LogP contribution >= 0.6 is 0 Å². The van der Waals surface area contributed by atoms with Crippen LogP contribution in [-0.2, 0) is 16.0 Å². The lowest BCUT2D eigenvalue weighted by Crippen LogP contribution is -2.54. The summed E-state index contributed by atoms with van der Waals surface area (Å²) in [6.07, 6.45) is 1.76. The van der Waals surface area contributed by atoms with Crippen molar-refractivity contribution in [1.82, 2.24) is 10.2 Å². The van der Waals surface area contributed by atoms with E-state index in [-0.39, 0.29) is 12.1 Å². The fraction of sp³-hybridized carbons (Fsp3) is 0.261. The highest BCUT2D eigenvalue weighted by atomic mass is 16.5. The number of urea groups is 1. The summed E-state index contributed by atoms with van der Waals surface area (Å²) >= 11 is 0. The number of amides is 4. The van der Waals surface area contributed by atoms with E-state index in [0.29, 0.717) is 35.0 Å². The van der Waals surface area contributed by atoms with Gasteiger partial charge in [-0.25, -0.2) is 4.79 Å². The van der Waals surface area contributed by atoms with Crippen LogP contribution in [0, 0.1) is 0 Å². The lowest BCUT2D eigenvalue weighted by Gasteiger charge is -2.26. The number of ether oxygens (including phenoxy) is 4. The summed E-state index contributed by atoms with van der Waals surface area (Å²) < 4.78 is 21.0. The molecule has 0 aliphatic carbocycles. The van der Waals surface area contributed by atoms with Gasteiger partial charge in [0.25, 0.3) is 11.8 Å². The van der Waals surface area contributed by atoms with Gasteiger partial charge in [-0.2, -0.15) is 0 Å². The average molecular weight is 440 g/mol. The Morgan fingerprint density at radius 3 is 2.22 bits per heavy atom. The summed E-state index contributed by atoms with van der Waals surface area (Å²) in [6, 6.07) is 9.55. The number of benzene rings is 2. The molecule has 1 fully saturated rings. The van der Waals surface area contributed by atoms with E-state index in [1.807, 2.05) is 6.07 Å². The molecule has 0 radical (unpaired) electrons. The van der Waals surface area contributed by atoms with Crippen LogP contribution in [0.15, 0.2) is 42.0 Å². The molecule has 0 bridgehead atoms. The molecule has 9 nitrogen and oxygen atoms in total. The second kappa shape index (κ2) is 9.86. The fourth-order valence-corrected chi connectivity index (χ4v) is 3.27. The monoisotopic (exact) mass is 440 g/mol. The van der Waals surface area contributed by atoms with Crippen molar-refractivity contribution in [2.75, 3.05) is 35.0 Å². The van der Waals surface area contributed by atoms with E-state index in [0.717, 1.165) is 10.5 Å². The Balaban J connectivity index is 1.83. The maximum atomic E-state index is 13.0. The lowest BCUT2D eigenvalue weighted by molar-refractivity contribution is -0.130. The van der Waals surface area contributed by atoms with Crippen LogP contribution in [0.2, 0.25) is 0 Å². The summed E-state index contributed by atoms with van der Waals surface area (Å²) in [6.45, 7) is 0.0739. The number of methoxy groups -OCH3 is 4. The van der Waals surface area contributed by atoms with Crippen LogP contribution in [0.4, 0.5) is 4.79 Å². The zero-order valence-corrected chi connectivity index (χ0v) is 18.3. The van der Waals surface area contributed by atoms with E-state index < -0.39 is 17.8 Å². The summed E-state index contributed by atoms with van der Waals surface area (Å²) in [7, 11) is 6.06. The third-order valence-electron chi connectivity index (χ3n) is 5.00. The molecule has 1 saturated heterocycles. The fourth-order valence-electron chi connectivity index (χ4n) is 3.27. The predicted molar refractivity (Wildman–Crippen MR) is 116 cm³/mol. The topological polar surface area (TPSA) is 103 Å². The quantitative estimate of drug-likeness (QED) is 0.497. The summed E-state index contributed by atoms with van der Waals surface area (Å²) in [5, 5.41) is 2.22. The molecule has 1 N–H and O–H groups in total. The number of carbonyl (C=O) groups is 3. The number of hydrogen-bond acceptors (Lipinski definition) is 7. The first-order chi connectivity index (χ1) is 15.4. The molecule has 4 amide bonds. The van der Waals surface area contributed by atoms with E-state index in [1.165, 1.54) is 34.5 Å². The summed E-state index contributed by atoms with van der Waals surface area (Å²) in [5.41, 5.74) is 1.17. The van der Waals surface area contributed by atoms with E-state index in [2.05, 4.69) is 5.32 Å². The van der Waals surface area contributed by atoms with Gasteiger partial charge in [0, 0.05) is 18.2 Å². The molecule has 0 unspecified atom stereocenters. The molecule has 9 heteroatoms. The van der Waals surface area contributed by atoms with Crippen molar-refractivity contribution in [2.24, 2.45) is 0 Å².